The van der Waals surface area contributed by atoms with Crippen LogP contribution in [0.2, 0.25) is 0 Å². The fourth-order valence-electron chi connectivity index (χ4n) is 2.35. The zero-order chi connectivity index (χ0) is 11.4. The quantitative estimate of drug-likeness (QED) is 0.838. The van der Waals surface area contributed by atoms with E-state index in [9.17, 15) is 0 Å². The van der Waals surface area contributed by atoms with Gasteiger partial charge in [-0.3, -0.25) is 0 Å². The van der Waals surface area contributed by atoms with Crippen LogP contribution < -0.4 is 5.32 Å². The van der Waals surface area contributed by atoms with Crippen molar-refractivity contribution in [3.63, 3.8) is 0 Å². The molecule has 0 aromatic carbocycles. The molecule has 1 aliphatic rings. The van der Waals surface area contributed by atoms with Gasteiger partial charge in [-0.15, -0.1) is 0 Å². The summed E-state index contributed by atoms with van der Waals surface area (Å²) in [6.07, 6.45) is 7.46. The van der Waals surface area contributed by atoms with Crippen LogP contribution in [0.3, 0.4) is 0 Å². The normalized spacial score (nSPS) is 25.4. The highest BCUT2D eigenvalue weighted by molar-refractivity contribution is 5.35. The molecule has 2 heteroatoms. The van der Waals surface area contributed by atoms with Gasteiger partial charge in [0.25, 0.3) is 0 Å². The van der Waals surface area contributed by atoms with Gasteiger partial charge in [-0.2, -0.15) is 0 Å². The van der Waals surface area contributed by atoms with E-state index in [2.05, 4.69) is 36.3 Å². The summed E-state index contributed by atoms with van der Waals surface area (Å²) in [6, 6.07) is 4.18. The third-order valence-corrected chi connectivity index (χ3v) is 3.62. The molecule has 1 aliphatic carbocycles. The average Bonchev–Trinajstić information content (AvgIpc) is 2.30. The van der Waals surface area contributed by atoms with E-state index in [1.807, 2.05) is 6.20 Å². The number of aromatic nitrogens is 1. The lowest BCUT2D eigenvalue weighted by Crippen LogP contribution is -2.20. The van der Waals surface area contributed by atoms with Crippen molar-refractivity contribution in [1.82, 2.24) is 4.98 Å². The Morgan fingerprint density at radius 1 is 1.25 bits per heavy atom. The number of anilines is 1. The van der Waals surface area contributed by atoms with Crippen molar-refractivity contribution in [1.29, 1.82) is 0 Å². The number of hydrogen-bond donors (Lipinski definition) is 1. The van der Waals surface area contributed by atoms with Crippen LogP contribution in [0.4, 0.5) is 5.82 Å². The van der Waals surface area contributed by atoms with Crippen LogP contribution in [0, 0.1) is 18.8 Å². The number of nitrogens with zero attached hydrogens (tertiary/aromatic N) is 1. The van der Waals surface area contributed by atoms with E-state index >= 15 is 0 Å². The summed E-state index contributed by atoms with van der Waals surface area (Å²) in [7, 11) is 0. The lowest BCUT2D eigenvalue weighted by Gasteiger charge is -2.26. The van der Waals surface area contributed by atoms with Crippen LogP contribution in [0.25, 0.3) is 0 Å². The molecule has 2 rings (SSSR count). The van der Waals surface area contributed by atoms with E-state index in [-0.39, 0.29) is 0 Å². The maximum atomic E-state index is 4.37. The van der Waals surface area contributed by atoms with Crippen molar-refractivity contribution in [2.45, 2.75) is 39.5 Å². The summed E-state index contributed by atoms with van der Waals surface area (Å²) < 4.78 is 0. The van der Waals surface area contributed by atoms with Gasteiger partial charge in [0, 0.05) is 12.7 Å². The van der Waals surface area contributed by atoms with Crippen molar-refractivity contribution in [3.8, 4) is 0 Å². The highest BCUT2D eigenvalue weighted by Crippen LogP contribution is 2.28. The summed E-state index contributed by atoms with van der Waals surface area (Å²) in [5.74, 6) is 2.80. The molecule has 2 nitrogen and oxygen atoms in total. The highest BCUT2D eigenvalue weighted by Gasteiger charge is 2.17. The second-order valence-corrected chi connectivity index (χ2v) is 5.23. The van der Waals surface area contributed by atoms with Crippen molar-refractivity contribution < 1.29 is 0 Å². The van der Waals surface area contributed by atoms with E-state index in [0.717, 1.165) is 24.2 Å². The Bertz CT molecular complexity index is 310. The molecule has 0 bridgehead atoms. The lowest BCUT2D eigenvalue weighted by molar-refractivity contribution is 0.300. The predicted octanol–water partition coefficient (Wildman–Crippen LogP) is 3.63. The van der Waals surface area contributed by atoms with Crippen LogP contribution in [0.5, 0.6) is 0 Å². The van der Waals surface area contributed by atoms with Gasteiger partial charge in [0.2, 0.25) is 0 Å². The summed E-state index contributed by atoms with van der Waals surface area (Å²) in [4.78, 5) is 4.37. The Morgan fingerprint density at radius 2 is 2.00 bits per heavy atom. The van der Waals surface area contributed by atoms with E-state index in [4.69, 9.17) is 0 Å². The zero-order valence-corrected chi connectivity index (χ0v) is 10.4. The summed E-state index contributed by atoms with van der Waals surface area (Å²) in [5.41, 5.74) is 1.22. The fraction of sp³-hybridized carbons (Fsp3) is 0.643. The predicted molar refractivity (Wildman–Crippen MR) is 68.6 cm³/mol. The Hall–Kier alpha value is -1.05. The van der Waals surface area contributed by atoms with Gasteiger partial charge in [-0.05, 0) is 43.2 Å². The Labute approximate surface area is 98.5 Å². The molecule has 1 fully saturated rings. The fourth-order valence-corrected chi connectivity index (χ4v) is 2.35. The van der Waals surface area contributed by atoms with E-state index in [0.29, 0.717) is 0 Å². The summed E-state index contributed by atoms with van der Waals surface area (Å²) >= 11 is 0. The third-order valence-electron chi connectivity index (χ3n) is 3.62. The minimum Gasteiger partial charge on any atom is -0.370 e. The molecule has 1 saturated carbocycles. The Kier molecular flexibility index (Phi) is 3.81. The Balaban J connectivity index is 1.77. The van der Waals surface area contributed by atoms with Crippen molar-refractivity contribution in [2.24, 2.45) is 11.8 Å². The molecule has 88 valence electrons. The van der Waals surface area contributed by atoms with Crippen molar-refractivity contribution in [2.75, 3.05) is 11.9 Å². The molecular formula is C14H22N2. The minimum atomic E-state index is 0.847. The maximum Gasteiger partial charge on any atom is 0.125 e. The van der Waals surface area contributed by atoms with Gasteiger partial charge in [-0.25, -0.2) is 4.98 Å². The topological polar surface area (TPSA) is 24.9 Å². The molecular weight excluding hydrogens is 196 g/mol. The first-order valence-electron chi connectivity index (χ1n) is 6.40. The van der Waals surface area contributed by atoms with Gasteiger partial charge in [0.15, 0.2) is 0 Å². The van der Waals surface area contributed by atoms with E-state index in [1.54, 1.807) is 0 Å². The molecule has 1 aromatic rings. The molecule has 1 aromatic heterocycles. The van der Waals surface area contributed by atoms with E-state index in [1.165, 1.54) is 31.2 Å². The third kappa shape index (κ3) is 3.22. The molecule has 0 spiro atoms. The highest BCUT2D eigenvalue weighted by atomic mass is 15.0. The number of aryl methyl sites for hydroxylation is 1. The van der Waals surface area contributed by atoms with Gasteiger partial charge in [0.1, 0.15) is 5.82 Å². The lowest BCUT2D eigenvalue weighted by atomic mass is 9.83. The molecule has 0 saturated heterocycles. The van der Waals surface area contributed by atoms with Crippen LogP contribution in [-0.2, 0) is 0 Å². The van der Waals surface area contributed by atoms with Crippen LogP contribution in [0.1, 0.15) is 38.2 Å². The SMILES string of the molecule is Cc1ccc(NC[C@H]2CC[C@H](C)CC2)nc1. The standard InChI is InChI=1S/C14H22N2/c1-11-3-6-13(7-4-11)10-16-14-8-5-12(2)9-15-14/h5,8-9,11,13H,3-4,6-7,10H2,1-2H3,(H,15,16)/t11-,13-. The number of rotatable bonds is 3. The van der Waals surface area contributed by atoms with Gasteiger partial charge in [-0.1, -0.05) is 25.8 Å². The molecule has 0 amide bonds. The van der Waals surface area contributed by atoms with E-state index < -0.39 is 0 Å². The maximum absolute atomic E-state index is 4.37. The smallest absolute Gasteiger partial charge is 0.125 e. The Morgan fingerprint density at radius 3 is 2.62 bits per heavy atom. The van der Waals surface area contributed by atoms with Gasteiger partial charge < -0.3 is 5.32 Å². The molecule has 0 aliphatic heterocycles. The monoisotopic (exact) mass is 218 g/mol. The first-order valence-corrected chi connectivity index (χ1v) is 6.40. The summed E-state index contributed by atoms with van der Waals surface area (Å²) in [6.45, 7) is 5.52. The molecule has 0 radical (unpaired) electrons. The van der Waals surface area contributed by atoms with Crippen LogP contribution >= 0.6 is 0 Å². The molecule has 0 unspecified atom stereocenters. The second-order valence-electron chi connectivity index (χ2n) is 5.23. The van der Waals surface area contributed by atoms with Crippen molar-refractivity contribution >= 4 is 5.82 Å². The van der Waals surface area contributed by atoms with Crippen molar-refractivity contribution in [3.05, 3.63) is 23.9 Å². The zero-order valence-electron chi connectivity index (χ0n) is 10.4. The van der Waals surface area contributed by atoms with Gasteiger partial charge in [0.05, 0.1) is 0 Å². The first-order chi connectivity index (χ1) is 7.74. The number of nitrogens with one attached hydrogen (secondary N) is 1. The van der Waals surface area contributed by atoms with Gasteiger partial charge >= 0.3 is 0 Å². The van der Waals surface area contributed by atoms with Crippen LogP contribution in [-0.4, -0.2) is 11.5 Å². The molecule has 1 N–H and O–H groups in total. The summed E-state index contributed by atoms with van der Waals surface area (Å²) in [5, 5.41) is 3.45. The second kappa shape index (κ2) is 5.33. The average molecular weight is 218 g/mol. The molecule has 0 atom stereocenters. The molecule has 1 heterocycles. The van der Waals surface area contributed by atoms with Crippen LogP contribution in [0.15, 0.2) is 18.3 Å². The molecule has 16 heavy (non-hydrogen) atoms. The number of pyridine rings is 1. The number of hydrogen-bond acceptors (Lipinski definition) is 2. The first kappa shape index (κ1) is 11.4. The largest absolute Gasteiger partial charge is 0.370 e. The minimum absolute atomic E-state index is 0.847.